The van der Waals surface area contributed by atoms with Gasteiger partial charge in [0.2, 0.25) is 5.95 Å². The van der Waals surface area contributed by atoms with Crippen LogP contribution in [-0.4, -0.2) is 44.2 Å². The van der Waals surface area contributed by atoms with E-state index in [2.05, 4.69) is 9.97 Å². The number of hydrogen-bond donors (Lipinski definition) is 3. The number of amides is 1. The van der Waals surface area contributed by atoms with Crippen LogP contribution in [-0.2, 0) is 4.79 Å². The molecule has 1 saturated heterocycles. The average Bonchev–Trinajstić information content (AvgIpc) is 3.31. The molecule has 0 radical (unpaired) electrons. The van der Waals surface area contributed by atoms with Gasteiger partial charge in [0.1, 0.15) is 23.3 Å². The Balaban J connectivity index is 1.76. The van der Waals surface area contributed by atoms with Crippen molar-refractivity contribution in [3.05, 3.63) is 75.3 Å². The number of nitrogen functional groups attached to an aromatic ring is 2. The minimum Gasteiger partial charge on any atom is -0.382 e. The maximum Gasteiger partial charge on any atom is 0.471 e. The van der Waals surface area contributed by atoms with Gasteiger partial charge in [-0.05, 0) is 30.7 Å². The van der Waals surface area contributed by atoms with Gasteiger partial charge < -0.3 is 21.7 Å². The summed E-state index contributed by atoms with van der Waals surface area (Å²) in [7, 11) is 0. The molecule has 1 aliphatic rings. The van der Waals surface area contributed by atoms with E-state index in [4.69, 9.17) is 28.1 Å². The number of nitrogens with zero attached hydrogens (tertiary/aromatic N) is 6. The highest BCUT2D eigenvalue weighted by molar-refractivity contribution is 6.35. The number of nitrogens with two attached hydrogens (primary N) is 2. The molecular weight excluding hydrogens is 551 g/mol. The number of aromatic nitrogens is 4. The topological polar surface area (TPSA) is 169 Å². The first kappa shape index (κ1) is 26.7. The summed E-state index contributed by atoms with van der Waals surface area (Å²) in [5.41, 5.74) is 11.6. The third-order valence-corrected chi connectivity index (χ3v) is 6.71. The average molecular weight is 570 g/mol. The van der Waals surface area contributed by atoms with E-state index in [0.717, 1.165) is 0 Å². The number of anilines is 3. The third-order valence-electron chi connectivity index (χ3n) is 6.40. The van der Waals surface area contributed by atoms with Crippen LogP contribution in [0.15, 0.2) is 53.3 Å². The molecule has 1 fully saturated rings. The molecule has 2 aromatic carbocycles. The van der Waals surface area contributed by atoms with E-state index in [1.807, 2.05) is 11.4 Å². The van der Waals surface area contributed by atoms with Crippen LogP contribution in [0.25, 0.3) is 16.6 Å². The number of halogens is 4. The third kappa shape index (κ3) is 4.71. The molecule has 2 aromatic heterocycles. The SMILES string of the molecule is N#Cc1c(N)nc(N)nc1N1C[C@@H](NC(=O)C(F)(F)F)C[C@H]1c1nc2cccc(Cl)c2c(=O)n1-c1ccccc1. The Morgan fingerprint density at radius 1 is 1.10 bits per heavy atom. The van der Waals surface area contributed by atoms with Crippen molar-refractivity contribution in [1.82, 2.24) is 24.8 Å². The molecule has 0 spiro atoms. The Morgan fingerprint density at radius 3 is 2.50 bits per heavy atom. The number of rotatable bonds is 4. The molecule has 204 valence electrons. The lowest BCUT2D eigenvalue weighted by molar-refractivity contribution is -0.174. The van der Waals surface area contributed by atoms with E-state index < -0.39 is 29.7 Å². The molecule has 1 amide bonds. The molecule has 2 atom stereocenters. The lowest BCUT2D eigenvalue weighted by atomic mass is 10.1. The van der Waals surface area contributed by atoms with Gasteiger partial charge in [-0.25, -0.2) is 4.98 Å². The van der Waals surface area contributed by atoms with E-state index in [1.54, 1.807) is 42.5 Å². The van der Waals surface area contributed by atoms with Gasteiger partial charge in [-0.3, -0.25) is 14.2 Å². The number of nitrogens with one attached hydrogen (secondary N) is 1. The number of carbonyl (C=O) groups excluding carboxylic acids is 1. The van der Waals surface area contributed by atoms with Gasteiger partial charge in [0.25, 0.3) is 5.56 Å². The molecule has 11 nitrogen and oxygen atoms in total. The zero-order chi connectivity index (χ0) is 28.8. The van der Waals surface area contributed by atoms with E-state index in [0.29, 0.717) is 5.69 Å². The zero-order valence-corrected chi connectivity index (χ0v) is 21.1. The number of carbonyl (C=O) groups is 1. The van der Waals surface area contributed by atoms with Crippen molar-refractivity contribution in [3.8, 4) is 11.8 Å². The summed E-state index contributed by atoms with van der Waals surface area (Å²) >= 11 is 6.36. The van der Waals surface area contributed by atoms with Crippen molar-refractivity contribution in [1.29, 1.82) is 5.26 Å². The molecular formula is C25H19ClF3N9O2. The second-order valence-corrected chi connectivity index (χ2v) is 9.34. The van der Waals surface area contributed by atoms with Crippen LogP contribution in [0.2, 0.25) is 5.02 Å². The zero-order valence-electron chi connectivity index (χ0n) is 20.4. The van der Waals surface area contributed by atoms with E-state index >= 15 is 0 Å². The lowest BCUT2D eigenvalue weighted by Gasteiger charge is -2.28. The highest BCUT2D eigenvalue weighted by Gasteiger charge is 2.44. The first-order chi connectivity index (χ1) is 19.0. The predicted molar refractivity (Wildman–Crippen MR) is 141 cm³/mol. The van der Waals surface area contributed by atoms with Crippen molar-refractivity contribution >= 4 is 46.0 Å². The fraction of sp³-hybridized carbons (Fsp3) is 0.200. The summed E-state index contributed by atoms with van der Waals surface area (Å²) in [6.45, 7) is -0.241. The monoisotopic (exact) mass is 569 g/mol. The van der Waals surface area contributed by atoms with Gasteiger partial charge in [0.15, 0.2) is 5.82 Å². The van der Waals surface area contributed by atoms with Crippen molar-refractivity contribution in [3.63, 3.8) is 0 Å². The molecule has 15 heteroatoms. The van der Waals surface area contributed by atoms with E-state index in [1.165, 1.54) is 15.5 Å². The molecule has 40 heavy (non-hydrogen) atoms. The Hall–Kier alpha value is -4.90. The number of para-hydroxylation sites is 1. The van der Waals surface area contributed by atoms with Gasteiger partial charge >= 0.3 is 12.1 Å². The first-order valence-electron chi connectivity index (χ1n) is 11.7. The molecule has 3 heterocycles. The molecule has 5 N–H and O–H groups in total. The molecule has 1 aliphatic heterocycles. The van der Waals surface area contributed by atoms with Crippen molar-refractivity contribution in [2.45, 2.75) is 24.7 Å². The summed E-state index contributed by atoms with van der Waals surface area (Å²) < 4.78 is 40.7. The Labute approximate surface area is 228 Å². The molecule has 4 aromatic rings. The van der Waals surface area contributed by atoms with Crippen LogP contribution in [0.3, 0.4) is 0 Å². The molecule has 0 bridgehead atoms. The summed E-state index contributed by atoms with van der Waals surface area (Å²) in [5, 5.41) is 12.1. The lowest BCUT2D eigenvalue weighted by Crippen LogP contribution is -2.44. The maximum atomic E-state index is 13.9. The van der Waals surface area contributed by atoms with Gasteiger partial charge in [-0.1, -0.05) is 35.9 Å². The molecule has 0 aliphatic carbocycles. The first-order valence-corrected chi connectivity index (χ1v) is 12.1. The molecule has 0 unspecified atom stereocenters. The minimum atomic E-state index is -5.13. The van der Waals surface area contributed by atoms with Crippen LogP contribution < -0.4 is 27.2 Å². The van der Waals surface area contributed by atoms with E-state index in [-0.39, 0.29) is 57.9 Å². The Kier molecular flexibility index (Phi) is 6.68. The highest BCUT2D eigenvalue weighted by atomic mass is 35.5. The Bertz CT molecular complexity index is 1740. The largest absolute Gasteiger partial charge is 0.471 e. The van der Waals surface area contributed by atoms with Crippen LogP contribution in [0.1, 0.15) is 23.9 Å². The fourth-order valence-corrected chi connectivity index (χ4v) is 4.99. The number of benzene rings is 2. The summed E-state index contributed by atoms with van der Waals surface area (Å²) in [6, 6.07) is 13.0. The number of alkyl halides is 3. The number of fused-ring (bicyclic) bond motifs is 1. The minimum absolute atomic E-state index is 0.0821. The summed E-state index contributed by atoms with van der Waals surface area (Å²) in [5.74, 6) is -2.65. The standard InChI is InChI=1S/C25H19ClF3N9O2/c26-15-7-4-8-16-18(15)22(39)38(13-5-2-1-3-6-13)21(34-16)17-9-12(33-23(40)25(27,28)29)11-37(17)20-14(10-30)19(31)35-24(32)36-20/h1-8,12,17H,9,11H2,(H,33,40)(H4,31,32,35,36)/t12-,17-/m0/s1. The van der Waals surface area contributed by atoms with Gasteiger partial charge in [0, 0.05) is 12.6 Å². The second-order valence-electron chi connectivity index (χ2n) is 8.93. The van der Waals surface area contributed by atoms with Gasteiger partial charge in [-0.15, -0.1) is 0 Å². The van der Waals surface area contributed by atoms with Crippen LogP contribution in [0.4, 0.5) is 30.8 Å². The van der Waals surface area contributed by atoms with Crippen molar-refractivity contribution in [2.24, 2.45) is 0 Å². The molecule has 5 rings (SSSR count). The maximum absolute atomic E-state index is 13.9. The summed E-state index contributed by atoms with van der Waals surface area (Å²) in [6.07, 6.45) is -5.27. The quantitative estimate of drug-likeness (QED) is 0.334. The number of hydrogen-bond acceptors (Lipinski definition) is 9. The Morgan fingerprint density at radius 2 is 1.82 bits per heavy atom. The highest BCUT2D eigenvalue weighted by Crippen LogP contribution is 2.39. The molecule has 0 saturated carbocycles. The fourth-order valence-electron chi connectivity index (χ4n) is 4.74. The predicted octanol–water partition coefficient (Wildman–Crippen LogP) is 2.86. The normalized spacial score (nSPS) is 17.1. The van der Waals surface area contributed by atoms with Gasteiger partial charge in [-0.2, -0.15) is 28.4 Å². The number of nitriles is 1. The van der Waals surface area contributed by atoms with Crippen LogP contribution in [0.5, 0.6) is 0 Å². The van der Waals surface area contributed by atoms with Crippen LogP contribution in [0, 0.1) is 11.3 Å². The smallest absolute Gasteiger partial charge is 0.382 e. The van der Waals surface area contributed by atoms with Gasteiger partial charge in [0.05, 0.1) is 27.7 Å². The van der Waals surface area contributed by atoms with E-state index in [9.17, 15) is 28.0 Å². The summed E-state index contributed by atoms with van der Waals surface area (Å²) in [4.78, 5) is 39.8. The van der Waals surface area contributed by atoms with Crippen LogP contribution >= 0.6 is 11.6 Å². The second kappa shape index (κ2) is 10.0. The van der Waals surface area contributed by atoms with Crippen molar-refractivity contribution < 1.29 is 18.0 Å². The van der Waals surface area contributed by atoms with Crippen molar-refractivity contribution in [2.75, 3.05) is 22.9 Å².